The summed E-state index contributed by atoms with van der Waals surface area (Å²) in [4.78, 5) is 24.9. The Hall–Kier alpha value is -3.34. The summed E-state index contributed by atoms with van der Waals surface area (Å²) in [5.41, 5.74) is 1.08. The molecule has 30 heavy (non-hydrogen) atoms. The molecule has 1 amide bonds. The van der Waals surface area contributed by atoms with Crippen LogP contribution < -0.4 is 5.32 Å². The lowest BCUT2D eigenvalue weighted by Gasteiger charge is -2.03. The van der Waals surface area contributed by atoms with Gasteiger partial charge in [-0.25, -0.2) is 9.78 Å². The van der Waals surface area contributed by atoms with Crippen LogP contribution in [0.25, 0.3) is 11.3 Å². The molecule has 0 atom stereocenters. The molecule has 1 aromatic carbocycles. The smallest absolute Gasteiger partial charge is 0.475 e. The van der Waals surface area contributed by atoms with Gasteiger partial charge in [0.15, 0.2) is 11.5 Å². The third kappa shape index (κ3) is 7.24. The van der Waals surface area contributed by atoms with Crippen molar-refractivity contribution in [3.05, 3.63) is 59.8 Å². The van der Waals surface area contributed by atoms with Crippen LogP contribution in [0.15, 0.2) is 53.6 Å². The summed E-state index contributed by atoms with van der Waals surface area (Å²) in [6, 6.07) is 8.77. The number of carbonyl (C=O) groups is 2. The van der Waals surface area contributed by atoms with Gasteiger partial charge in [-0.1, -0.05) is 16.8 Å². The molecule has 0 unspecified atom stereocenters. The molecule has 3 rings (SSSR count). The molecule has 2 heterocycles. The molecular weight excluding hydrogens is 429 g/mol. The van der Waals surface area contributed by atoms with Crippen LogP contribution in [0.5, 0.6) is 0 Å². The number of nitrogens with one attached hydrogen (secondary N) is 1. The third-order valence-electron chi connectivity index (χ3n) is 3.55. The van der Waals surface area contributed by atoms with Gasteiger partial charge in [0, 0.05) is 42.1 Å². The van der Waals surface area contributed by atoms with Crippen molar-refractivity contribution in [3.8, 4) is 11.3 Å². The highest BCUT2D eigenvalue weighted by Crippen LogP contribution is 2.22. The number of carboxylic acids is 1. The first-order chi connectivity index (χ1) is 14.2. The molecule has 2 N–H and O–H groups in total. The summed E-state index contributed by atoms with van der Waals surface area (Å²) < 4.78 is 38.9. The number of alkyl halides is 3. The molecule has 3 aromatic rings. The standard InChI is InChI=1S/C16H15ClN4O2.C2HF3O2/c17-13-4-2-12(3-5-13)15-10-14(20-23-15)16(22)19-6-1-8-21-9-7-18-11-21;3-2(4,5)1(6)7/h2-5,7,9-11H,1,6,8H2,(H,19,22);(H,6,7). The highest BCUT2D eigenvalue weighted by Gasteiger charge is 2.38. The molecule has 12 heteroatoms. The van der Waals surface area contributed by atoms with E-state index < -0.39 is 12.1 Å². The maximum Gasteiger partial charge on any atom is 0.490 e. The van der Waals surface area contributed by atoms with Crippen LogP contribution in [0, 0.1) is 0 Å². The van der Waals surface area contributed by atoms with E-state index in [9.17, 15) is 18.0 Å². The second-order valence-corrected chi connectivity index (χ2v) is 6.23. The lowest BCUT2D eigenvalue weighted by molar-refractivity contribution is -0.192. The topological polar surface area (TPSA) is 110 Å². The minimum Gasteiger partial charge on any atom is -0.475 e. The zero-order valence-electron chi connectivity index (χ0n) is 15.3. The molecular formula is C18H16ClF3N4O4. The van der Waals surface area contributed by atoms with Crippen molar-refractivity contribution < 1.29 is 32.4 Å². The molecule has 0 bridgehead atoms. The molecule has 0 spiro atoms. The number of nitrogens with zero attached hydrogens (tertiary/aromatic N) is 3. The zero-order chi connectivity index (χ0) is 22.1. The Morgan fingerprint density at radius 1 is 1.23 bits per heavy atom. The first-order valence-corrected chi connectivity index (χ1v) is 8.81. The van der Waals surface area contributed by atoms with Crippen molar-refractivity contribution in [1.82, 2.24) is 20.0 Å². The second-order valence-electron chi connectivity index (χ2n) is 5.80. The molecule has 2 aromatic heterocycles. The number of carboxylic acid groups (broad SMARTS) is 1. The van der Waals surface area contributed by atoms with Gasteiger partial charge in [0.05, 0.1) is 6.33 Å². The van der Waals surface area contributed by atoms with Gasteiger partial charge in [-0.05, 0) is 30.7 Å². The van der Waals surface area contributed by atoms with Gasteiger partial charge in [0.2, 0.25) is 0 Å². The van der Waals surface area contributed by atoms with Gasteiger partial charge in [0.1, 0.15) is 0 Å². The molecule has 0 aliphatic heterocycles. The van der Waals surface area contributed by atoms with Crippen molar-refractivity contribution in [2.45, 2.75) is 19.1 Å². The van der Waals surface area contributed by atoms with E-state index in [1.54, 1.807) is 30.7 Å². The average Bonchev–Trinajstić information content (AvgIpc) is 3.37. The Morgan fingerprint density at radius 3 is 2.47 bits per heavy atom. The first kappa shape index (κ1) is 22.9. The Balaban J connectivity index is 0.000000396. The zero-order valence-corrected chi connectivity index (χ0v) is 16.0. The Bertz CT molecular complexity index is 957. The Kier molecular flexibility index (Phi) is 7.98. The molecule has 0 saturated carbocycles. The molecule has 0 aliphatic rings. The van der Waals surface area contributed by atoms with Crippen molar-refractivity contribution in [1.29, 1.82) is 0 Å². The number of aryl methyl sites for hydroxylation is 1. The normalized spacial score (nSPS) is 10.8. The predicted molar refractivity (Wildman–Crippen MR) is 99.8 cm³/mol. The minimum absolute atomic E-state index is 0.250. The van der Waals surface area contributed by atoms with Crippen molar-refractivity contribution in [2.24, 2.45) is 0 Å². The van der Waals surface area contributed by atoms with E-state index in [2.05, 4.69) is 15.5 Å². The Morgan fingerprint density at radius 2 is 1.90 bits per heavy atom. The highest BCUT2D eigenvalue weighted by atomic mass is 35.5. The number of amides is 1. The van der Waals surface area contributed by atoms with Gasteiger partial charge in [-0.15, -0.1) is 0 Å². The van der Waals surface area contributed by atoms with Crippen LogP contribution in [-0.4, -0.2) is 44.4 Å². The first-order valence-electron chi connectivity index (χ1n) is 8.43. The van der Waals surface area contributed by atoms with Crippen molar-refractivity contribution in [2.75, 3.05) is 6.54 Å². The maximum absolute atomic E-state index is 12.0. The third-order valence-corrected chi connectivity index (χ3v) is 3.80. The van der Waals surface area contributed by atoms with Crippen LogP contribution in [0.1, 0.15) is 16.9 Å². The fourth-order valence-corrected chi connectivity index (χ4v) is 2.23. The number of aromatic nitrogens is 3. The summed E-state index contributed by atoms with van der Waals surface area (Å²) in [5, 5.41) is 14.4. The molecule has 0 saturated heterocycles. The molecule has 8 nitrogen and oxygen atoms in total. The molecule has 0 fully saturated rings. The summed E-state index contributed by atoms with van der Waals surface area (Å²) in [7, 11) is 0. The maximum atomic E-state index is 12.0. The fourth-order valence-electron chi connectivity index (χ4n) is 2.11. The fraction of sp³-hybridized carbons (Fsp3) is 0.222. The van der Waals surface area contributed by atoms with Gasteiger partial charge >= 0.3 is 12.1 Å². The number of imidazole rings is 1. The van der Waals surface area contributed by atoms with Crippen LogP contribution >= 0.6 is 11.6 Å². The van der Waals surface area contributed by atoms with E-state index in [1.165, 1.54) is 0 Å². The van der Waals surface area contributed by atoms with Gasteiger partial charge in [-0.3, -0.25) is 4.79 Å². The van der Waals surface area contributed by atoms with Crippen LogP contribution in [0.3, 0.4) is 0 Å². The average molecular weight is 445 g/mol. The lowest BCUT2D eigenvalue weighted by Crippen LogP contribution is -2.25. The number of rotatable bonds is 6. The summed E-state index contributed by atoms with van der Waals surface area (Å²) in [6.07, 6.45) is 1.09. The largest absolute Gasteiger partial charge is 0.490 e. The predicted octanol–water partition coefficient (Wildman–Crippen LogP) is 3.64. The van der Waals surface area contributed by atoms with Gasteiger partial charge in [-0.2, -0.15) is 13.2 Å². The van der Waals surface area contributed by atoms with Gasteiger partial charge < -0.3 is 19.5 Å². The minimum atomic E-state index is -5.08. The number of benzene rings is 1. The van der Waals surface area contributed by atoms with Crippen LogP contribution in [0.2, 0.25) is 5.02 Å². The molecule has 160 valence electrons. The quantitative estimate of drug-likeness (QED) is 0.561. The number of hydrogen-bond acceptors (Lipinski definition) is 5. The summed E-state index contributed by atoms with van der Waals surface area (Å²) in [6.45, 7) is 1.36. The monoisotopic (exact) mass is 444 g/mol. The summed E-state index contributed by atoms with van der Waals surface area (Å²) in [5.74, 6) is -2.47. The summed E-state index contributed by atoms with van der Waals surface area (Å²) >= 11 is 5.85. The highest BCUT2D eigenvalue weighted by molar-refractivity contribution is 6.30. The molecule has 0 radical (unpaired) electrons. The van der Waals surface area contributed by atoms with Crippen molar-refractivity contribution in [3.63, 3.8) is 0 Å². The second kappa shape index (κ2) is 10.4. The van der Waals surface area contributed by atoms with E-state index in [1.807, 2.05) is 22.9 Å². The number of carbonyl (C=O) groups excluding carboxylic acids is 1. The number of halogens is 4. The van der Waals surface area contributed by atoms with E-state index >= 15 is 0 Å². The number of aliphatic carboxylic acids is 1. The van der Waals surface area contributed by atoms with Gasteiger partial charge in [0.25, 0.3) is 5.91 Å². The van der Waals surface area contributed by atoms with E-state index in [0.29, 0.717) is 17.3 Å². The number of hydrogen-bond donors (Lipinski definition) is 2. The van der Waals surface area contributed by atoms with E-state index in [-0.39, 0.29) is 11.6 Å². The Labute approximate surface area is 173 Å². The van der Waals surface area contributed by atoms with E-state index in [0.717, 1.165) is 18.5 Å². The van der Waals surface area contributed by atoms with Crippen LogP contribution in [0.4, 0.5) is 13.2 Å². The molecule has 0 aliphatic carbocycles. The van der Waals surface area contributed by atoms with Crippen molar-refractivity contribution >= 4 is 23.5 Å². The lowest BCUT2D eigenvalue weighted by atomic mass is 10.1. The van der Waals surface area contributed by atoms with Crippen LogP contribution in [-0.2, 0) is 11.3 Å². The van der Waals surface area contributed by atoms with E-state index in [4.69, 9.17) is 26.0 Å². The SMILES string of the molecule is O=C(NCCCn1ccnc1)c1cc(-c2ccc(Cl)cc2)on1.O=C(O)C(F)(F)F.